The quantitative estimate of drug-likeness (QED) is 0.160. The number of rotatable bonds is 9. The molecule has 0 spiro atoms. The second-order valence-electron chi connectivity index (χ2n) is 6.21. The summed E-state index contributed by atoms with van der Waals surface area (Å²) in [5.74, 6) is -11.3. The molecule has 0 saturated heterocycles. The molecule has 0 radical (unpaired) electrons. The van der Waals surface area contributed by atoms with Gasteiger partial charge in [0.1, 0.15) is 0 Å². The Hall–Kier alpha value is -3.30. The van der Waals surface area contributed by atoms with Crippen molar-refractivity contribution >= 4 is 18.0 Å². The molecule has 0 aliphatic carbocycles. The van der Waals surface area contributed by atoms with Crippen molar-refractivity contribution in [3.8, 4) is 0 Å². The summed E-state index contributed by atoms with van der Waals surface area (Å²) in [6.07, 6.45) is 2.07. The predicted octanol–water partition coefficient (Wildman–Crippen LogP) is 3.82. The fourth-order valence-corrected chi connectivity index (χ4v) is 2.44. The third-order valence-corrected chi connectivity index (χ3v) is 4.03. The summed E-state index contributed by atoms with van der Waals surface area (Å²) < 4.78 is 66.0. The van der Waals surface area contributed by atoms with E-state index in [4.69, 9.17) is 0 Å². The number of nitrogens with one attached hydrogen (secondary N) is 2. The molecule has 160 valence electrons. The van der Waals surface area contributed by atoms with E-state index in [9.17, 15) is 31.5 Å². The fraction of sp³-hybridized carbons (Fsp3) is 0.250. The molecule has 2 rings (SSSR count). The van der Waals surface area contributed by atoms with E-state index in [2.05, 4.69) is 10.4 Å². The van der Waals surface area contributed by atoms with Crippen molar-refractivity contribution in [2.45, 2.75) is 25.7 Å². The normalized spacial score (nSPS) is 11.0. The van der Waals surface area contributed by atoms with Crippen molar-refractivity contribution in [3.05, 3.63) is 70.5 Å². The molecule has 0 aliphatic rings. The lowest BCUT2D eigenvalue weighted by Gasteiger charge is -2.05. The van der Waals surface area contributed by atoms with E-state index in [1.54, 1.807) is 30.3 Å². The topological polar surface area (TPSA) is 70.6 Å². The molecular weight excluding hydrogens is 409 g/mol. The van der Waals surface area contributed by atoms with Crippen molar-refractivity contribution < 1.29 is 31.5 Å². The number of unbranched alkanes of at least 4 members (excludes halogenated alkanes) is 2. The molecule has 2 N–H and O–H groups in total. The molecule has 0 unspecified atom stereocenters. The maximum absolute atomic E-state index is 13.5. The minimum Gasteiger partial charge on any atom is -0.352 e. The second-order valence-corrected chi connectivity index (χ2v) is 6.21. The number of halogens is 5. The maximum Gasteiger partial charge on any atom is 0.251 e. The smallest absolute Gasteiger partial charge is 0.251 e. The summed E-state index contributed by atoms with van der Waals surface area (Å²) >= 11 is 0. The van der Waals surface area contributed by atoms with Crippen LogP contribution >= 0.6 is 0 Å². The van der Waals surface area contributed by atoms with Crippen LogP contribution in [0.15, 0.2) is 35.4 Å². The van der Waals surface area contributed by atoms with Crippen molar-refractivity contribution in [1.29, 1.82) is 0 Å². The van der Waals surface area contributed by atoms with Crippen molar-refractivity contribution in [2.75, 3.05) is 6.54 Å². The van der Waals surface area contributed by atoms with E-state index in [0.717, 1.165) is 0 Å². The molecular formula is C20H18F5N3O2. The Morgan fingerprint density at radius 3 is 2.07 bits per heavy atom. The Balaban J connectivity index is 1.69. The van der Waals surface area contributed by atoms with Crippen molar-refractivity contribution in [1.82, 2.24) is 10.7 Å². The van der Waals surface area contributed by atoms with E-state index < -0.39 is 40.6 Å². The summed E-state index contributed by atoms with van der Waals surface area (Å²) in [6, 6.07) is 8.68. The van der Waals surface area contributed by atoms with Gasteiger partial charge in [-0.1, -0.05) is 24.6 Å². The molecule has 0 aromatic heterocycles. The lowest BCUT2D eigenvalue weighted by molar-refractivity contribution is -0.121. The average Bonchev–Trinajstić information content (AvgIpc) is 2.76. The Kier molecular flexibility index (Phi) is 8.45. The molecule has 5 nitrogen and oxygen atoms in total. The van der Waals surface area contributed by atoms with E-state index in [0.29, 0.717) is 37.6 Å². The van der Waals surface area contributed by atoms with Gasteiger partial charge in [0, 0.05) is 18.5 Å². The van der Waals surface area contributed by atoms with Crippen molar-refractivity contribution in [2.24, 2.45) is 5.10 Å². The lowest BCUT2D eigenvalue weighted by atomic mass is 10.1. The summed E-state index contributed by atoms with van der Waals surface area (Å²) in [5, 5.41) is 5.97. The molecule has 0 saturated carbocycles. The first-order valence-electron chi connectivity index (χ1n) is 8.99. The van der Waals surface area contributed by atoms with Gasteiger partial charge in [0.05, 0.1) is 11.8 Å². The highest BCUT2D eigenvalue weighted by Gasteiger charge is 2.24. The lowest BCUT2D eigenvalue weighted by Crippen LogP contribution is -2.24. The number of amides is 2. The van der Waals surface area contributed by atoms with Gasteiger partial charge in [0.25, 0.3) is 5.91 Å². The zero-order valence-electron chi connectivity index (χ0n) is 15.7. The Morgan fingerprint density at radius 1 is 0.833 bits per heavy atom. The van der Waals surface area contributed by atoms with Gasteiger partial charge in [-0.15, -0.1) is 0 Å². The molecule has 2 aromatic carbocycles. The minimum absolute atomic E-state index is 0.0288. The molecule has 30 heavy (non-hydrogen) atoms. The van der Waals surface area contributed by atoms with Gasteiger partial charge in [0.15, 0.2) is 23.3 Å². The molecule has 0 bridgehead atoms. The van der Waals surface area contributed by atoms with E-state index in [1.165, 1.54) is 0 Å². The van der Waals surface area contributed by atoms with Gasteiger partial charge >= 0.3 is 0 Å². The fourth-order valence-electron chi connectivity index (χ4n) is 2.44. The van der Waals surface area contributed by atoms with Crippen molar-refractivity contribution in [3.63, 3.8) is 0 Å². The minimum atomic E-state index is -2.27. The van der Waals surface area contributed by atoms with Gasteiger partial charge in [-0.25, -0.2) is 27.4 Å². The van der Waals surface area contributed by atoms with Gasteiger partial charge in [0.2, 0.25) is 11.7 Å². The van der Waals surface area contributed by atoms with E-state index >= 15 is 0 Å². The van der Waals surface area contributed by atoms with Crippen LogP contribution in [0.3, 0.4) is 0 Å². The van der Waals surface area contributed by atoms with E-state index in [-0.39, 0.29) is 12.3 Å². The average molecular weight is 427 g/mol. The number of hydrogen-bond donors (Lipinski definition) is 2. The van der Waals surface area contributed by atoms with Crippen LogP contribution in [0.5, 0.6) is 0 Å². The number of carbonyl (C=O) groups is 2. The predicted molar refractivity (Wildman–Crippen MR) is 99.2 cm³/mol. The summed E-state index contributed by atoms with van der Waals surface area (Å²) in [6.45, 7) is 0.424. The first-order valence-corrected chi connectivity index (χ1v) is 8.99. The maximum atomic E-state index is 13.5. The zero-order valence-corrected chi connectivity index (χ0v) is 15.7. The van der Waals surface area contributed by atoms with Gasteiger partial charge in [-0.05, 0) is 25.0 Å². The van der Waals surface area contributed by atoms with Gasteiger partial charge < -0.3 is 5.32 Å². The first kappa shape index (κ1) is 23.0. The SMILES string of the molecule is O=C(CCCCCNC(=O)c1ccccc1)NN=Cc1c(F)c(F)c(F)c(F)c1F. The van der Waals surface area contributed by atoms with Gasteiger partial charge in [-0.2, -0.15) is 5.10 Å². The third-order valence-electron chi connectivity index (χ3n) is 4.03. The third kappa shape index (κ3) is 6.10. The van der Waals surface area contributed by atoms with Crippen LogP contribution in [-0.4, -0.2) is 24.6 Å². The summed E-state index contributed by atoms with van der Waals surface area (Å²) in [7, 11) is 0. The van der Waals surface area contributed by atoms with Crippen LogP contribution in [-0.2, 0) is 4.79 Å². The first-order chi connectivity index (χ1) is 14.3. The largest absolute Gasteiger partial charge is 0.352 e. The van der Waals surface area contributed by atoms with Crippen LogP contribution in [0.2, 0.25) is 0 Å². The number of hydrazone groups is 1. The van der Waals surface area contributed by atoms with Crippen LogP contribution < -0.4 is 10.7 Å². The molecule has 10 heteroatoms. The molecule has 0 heterocycles. The highest BCUT2D eigenvalue weighted by molar-refractivity contribution is 5.94. The van der Waals surface area contributed by atoms with Gasteiger partial charge in [-0.3, -0.25) is 9.59 Å². The standard InChI is InChI=1S/C20H18F5N3O2/c21-15-13(16(22)18(24)19(25)17(15)23)11-27-28-14(29)9-5-2-6-10-26-20(30)12-7-3-1-4-8-12/h1,3-4,7-8,11H,2,5-6,9-10H2,(H,26,30)(H,28,29). The Labute approximate surface area is 169 Å². The molecule has 0 atom stereocenters. The Morgan fingerprint density at radius 2 is 1.43 bits per heavy atom. The molecule has 0 fully saturated rings. The second kappa shape index (κ2) is 11.0. The molecule has 2 amide bonds. The molecule has 0 aliphatic heterocycles. The number of hydrogen-bond acceptors (Lipinski definition) is 3. The highest BCUT2D eigenvalue weighted by Crippen LogP contribution is 2.21. The van der Waals surface area contributed by atoms with Crippen LogP contribution in [0.4, 0.5) is 22.0 Å². The molecule has 2 aromatic rings. The van der Waals surface area contributed by atoms with Crippen LogP contribution in [0.25, 0.3) is 0 Å². The summed E-state index contributed by atoms with van der Waals surface area (Å²) in [5.41, 5.74) is 1.25. The Bertz CT molecular complexity index is 907. The summed E-state index contributed by atoms with van der Waals surface area (Å²) in [4.78, 5) is 23.4. The van der Waals surface area contributed by atoms with E-state index in [1.807, 2.05) is 5.43 Å². The van der Waals surface area contributed by atoms with Crippen LogP contribution in [0, 0.1) is 29.1 Å². The number of carbonyl (C=O) groups excluding carboxylic acids is 2. The highest BCUT2D eigenvalue weighted by atomic mass is 19.2. The number of benzene rings is 2. The zero-order chi connectivity index (χ0) is 22.1. The number of nitrogens with zero attached hydrogens (tertiary/aromatic N) is 1. The monoisotopic (exact) mass is 427 g/mol. The van der Waals surface area contributed by atoms with Crippen LogP contribution in [0.1, 0.15) is 41.6 Å².